The maximum Gasteiger partial charge on any atom is 0.252 e. The van der Waals surface area contributed by atoms with E-state index in [9.17, 15) is 22.4 Å². The van der Waals surface area contributed by atoms with Gasteiger partial charge in [0, 0.05) is 23.1 Å². The van der Waals surface area contributed by atoms with E-state index in [0.29, 0.717) is 5.69 Å². The van der Waals surface area contributed by atoms with Crippen molar-refractivity contribution < 1.29 is 17.6 Å². The number of hydrogen-bond acceptors (Lipinski definition) is 4. The lowest BCUT2D eigenvalue weighted by atomic mass is 10.3. The molecule has 0 radical (unpaired) electrons. The van der Waals surface area contributed by atoms with Crippen LogP contribution < -0.4 is 5.56 Å². The number of nitrogens with one attached hydrogen (secondary N) is 1. The second kappa shape index (κ2) is 5.61. The van der Waals surface area contributed by atoms with Crippen molar-refractivity contribution in [3.05, 3.63) is 51.2 Å². The first-order chi connectivity index (χ1) is 9.38. The van der Waals surface area contributed by atoms with Crippen LogP contribution in [0, 0.1) is 30.5 Å². The van der Waals surface area contributed by atoms with Gasteiger partial charge in [0.05, 0.1) is 0 Å². The van der Waals surface area contributed by atoms with Gasteiger partial charge in [0.2, 0.25) is 0 Å². The van der Waals surface area contributed by atoms with Gasteiger partial charge >= 0.3 is 0 Å². The summed E-state index contributed by atoms with van der Waals surface area (Å²) in [5.74, 6) is -7.01. The van der Waals surface area contributed by atoms with Crippen LogP contribution in [-0.4, -0.2) is 15.0 Å². The molecule has 4 nitrogen and oxygen atoms in total. The molecule has 0 aliphatic rings. The van der Waals surface area contributed by atoms with Gasteiger partial charge < -0.3 is 4.98 Å². The van der Waals surface area contributed by atoms with Crippen LogP contribution in [0.4, 0.5) is 17.6 Å². The maximum atomic E-state index is 13.4. The van der Waals surface area contributed by atoms with Gasteiger partial charge in [-0.15, -0.1) is 0 Å². The first-order valence-corrected chi connectivity index (χ1v) is 6.26. The Bertz CT molecular complexity index is 693. The number of H-pyrrole nitrogens is 1. The lowest BCUT2D eigenvalue weighted by Gasteiger charge is -2.05. The molecule has 20 heavy (non-hydrogen) atoms. The summed E-state index contributed by atoms with van der Waals surface area (Å²) in [7, 11) is 0. The van der Waals surface area contributed by atoms with E-state index in [0.717, 1.165) is 11.8 Å². The Morgan fingerprint density at radius 2 is 1.75 bits per heavy atom. The zero-order valence-electron chi connectivity index (χ0n) is 10.0. The monoisotopic (exact) mass is 305 g/mol. The van der Waals surface area contributed by atoms with Crippen LogP contribution in [0.15, 0.2) is 16.0 Å². The second-order valence-electron chi connectivity index (χ2n) is 3.78. The van der Waals surface area contributed by atoms with E-state index < -0.39 is 40.4 Å². The standard InChI is InChI=1S/C11H7F4N3OS/c1-4-2-6(19)17-11(16-4)20-3-5-7(12)9(14)18-10(15)8(5)13/h2H,3H2,1H3,(H,16,17,19). The summed E-state index contributed by atoms with van der Waals surface area (Å²) >= 11 is 0.740. The molecule has 0 saturated carbocycles. The van der Waals surface area contributed by atoms with Gasteiger partial charge in [-0.05, 0) is 6.92 Å². The zero-order valence-corrected chi connectivity index (χ0v) is 10.8. The van der Waals surface area contributed by atoms with E-state index in [4.69, 9.17) is 0 Å². The van der Waals surface area contributed by atoms with Crippen LogP contribution in [-0.2, 0) is 5.75 Å². The minimum Gasteiger partial charge on any atom is -0.301 e. The lowest BCUT2D eigenvalue weighted by Crippen LogP contribution is -2.09. The highest BCUT2D eigenvalue weighted by molar-refractivity contribution is 7.98. The molecule has 0 bridgehead atoms. The first kappa shape index (κ1) is 14.5. The normalized spacial score (nSPS) is 10.8. The number of hydrogen-bond donors (Lipinski definition) is 1. The summed E-state index contributed by atoms with van der Waals surface area (Å²) in [6.07, 6.45) is 0. The summed E-state index contributed by atoms with van der Waals surface area (Å²) in [5, 5.41) is 0.0893. The van der Waals surface area contributed by atoms with Crippen LogP contribution in [0.2, 0.25) is 0 Å². The van der Waals surface area contributed by atoms with Crippen molar-refractivity contribution >= 4 is 11.8 Å². The molecule has 0 unspecified atom stereocenters. The molecule has 0 amide bonds. The molecule has 0 atom stereocenters. The molecule has 0 aromatic carbocycles. The highest BCUT2D eigenvalue weighted by atomic mass is 32.2. The average molecular weight is 305 g/mol. The van der Waals surface area contributed by atoms with Crippen molar-refractivity contribution in [3.63, 3.8) is 0 Å². The highest BCUT2D eigenvalue weighted by Gasteiger charge is 2.20. The minimum atomic E-state index is -1.72. The van der Waals surface area contributed by atoms with Gasteiger partial charge in [0.15, 0.2) is 16.8 Å². The molecule has 0 fully saturated rings. The summed E-state index contributed by atoms with van der Waals surface area (Å²) < 4.78 is 52.5. The number of aryl methyl sites for hydroxylation is 1. The molecule has 0 aliphatic carbocycles. The molecular formula is C11H7F4N3OS. The second-order valence-corrected chi connectivity index (χ2v) is 4.74. The van der Waals surface area contributed by atoms with Crippen molar-refractivity contribution in [2.45, 2.75) is 17.8 Å². The Balaban J connectivity index is 2.29. The molecule has 0 aliphatic heterocycles. The fourth-order valence-electron chi connectivity index (χ4n) is 1.42. The van der Waals surface area contributed by atoms with Gasteiger partial charge in [0.25, 0.3) is 17.5 Å². The predicted molar refractivity (Wildman–Crippen MR) is 63.2 cm³/mol. The summed E-state index contributed by atoms with van der Waals surface area (Å²) in [5.41, 5.74) is -0.832. The maximum absolute atomic E-state index is 13.4. The van der Waals surface area contributed by atoms with E-state index in [2.05, 4.69) is 15.0 Å². The predicted octanol–water partition coefficient (Wildman–Crippen LogP) is 2.32. The lowest BCUT2D eigenvalue weighted by molar-refractivity contribution is 0.399. The Morgan fingerprint density at radius 1 is 1.15 bits per heavy atom. The smallest absolute Gasteiger partial charge is 0.252 e. The number of thioether (sulfide) groups is 1. The number of aromatic amines is 1. The SMILES string of the molecule is Cc1cc(=O)[nH]c(SCc2c(F)c(F)nc(F)c2F)n1. The molecule has 0 saturated heterocycles. The Hall–Kier alpha value is -1.90. The molecule has 2 aromatic heterocycles. The molecule has 2 aromatic rings. The van der Waals surface area contributed by atoms with Crippen LogP contribution in [0.1, 0.15) is 11.3 Å². The molecule has 106 valence electrons. The van der Waals surface area contributed by atoms with E-state index in [1.165, 1.54) is 6.07 Å². The van der Waals surface area contributed by atoms with Crippen LogP contribution in [0.5, 0.6) is 0 Å². The average Bonchev–Trinajstić information content (AvgIpc) is 2.35. The van der Waals surface area contributed by atoms with E-state index >= 15 is 0 Å². The zero-order chi connectivity index (χ0) is 14.9. The number of aromatic nitrogens is 3. The fourth-order valence-corrected chi connectivity index (χ4v) is 2.33. The third-order valence-electron chi connectivity index (χ3n) is 2.29. The Morgan fingerprint density at radius 3 is 2.30 bits per heavy atom. The molecule has 9 heteroatoms. The van der Waals surface area contributed by atoms with Crippen LogP contribution in [0.3, 0.4) is 0 Å². The molecule has 0 spiro atoms. The number of pyridine rings is 1. The quantitative estimate of drug-likeness (QED) is 0.409. The third kappa shape index (κ3) is 2.98. The van der Waals surface area contributed by atoms with Crippen molar-refractivity contribution in [2.75, 3.05) is 0 Å². The van der Waals surface area contributed by atoms with Crippen molar-refractivity contribution in [1.82, 2.24) is 15.0 Å². The number of nitrogens with zero attached hydrogens (tertiary/aromatic N) is 2. The van der Waals surface area contributed by atoms with Crippen molar-refractivity contribution in [2.24, 2.45) is 0 Å². The van der Waals surface area contributed by atoms with E-state index in [1.54, 1.807) is 6.92 Å². The van der Waals surface area contributed by atoms with Crippen molar-refractivity contribution in [3.8, 4) is 0 Å². The highest BCUT2D eigenvalue weighted by Crippen LogP contribution is 2.24. The number of halogens is 4. The Kier molecular flexibility index (Phi) is 4.07. The number of rotatable bonds is 3. The third-order valence-corrected chi connectivity index (χ3v) is 3.19. The van der Waals surface area contributed by atoms with Crippen molar-refractivity contribution in [1.29, 1.82) is 0 Å². The van der Waals surface area contributed by atoms with Crippen LogP contribution in [0.25, 0.3) is 0 Å². The topological polar surface area (TPSA) is 58.6 Å². The summed E-state index contributed by atoms with van der Waals surface area (Å²) in [6, 6.07) is 1.23. The molecule has 1 N–H and O–H groups in total. The largest absolute Gasteiger partial charge is 0.301 e. The molecular weight excluding hydrogens is 298 g/mol. The van der Waals surface area contributed by atoms with Gasteiger partial charge in [-0.2, -0.15) is 13.8 Å². The molecule has 2 heterocycles. The summed E-state index contributed by atoms with van der Waals surface area (Å²) in [4.78, 5) is 19.9. The van der Waals surface area contributed by atoms with Gasteiger partial charge in [-0.1, -0.05) is 11.8 Å². The van der Waals surface area contributed by atoms with Gasteiger partial charge in [-0.25, -0.2) is 13.8 Å². The molecule has 2 rings (SSSR count). The van der Waals surface area contributed by atoms with Gasteiger partial charge in [0.1, 0.15) is 0 Å². The first-order valence-electron chi connectivity index (χ1n) is 5.28. The summed E-state index contributed by atoms with van der Waals surface area (Å²) in [6.45, 7) is 1.56. The van der Waals surface area contributed by atoms with E-state index in [1.807, 2.05) is 0 Å². The Labute approximate surface area is 114 Å². The van der Waals surface area contributed by atoms with E-state index in [-0.39, 0.29) is 5.16 Å². The van der Waals surface area contributed by atoms with Gasteiger partial charge in [-0.3, -0.25) is 4.79 Å². The minimum absolute atomic E-state index is 0.0893. The fraction of sp³-hybridized carbons (Fsp3) is 0.182. The van der Waals surface area contributed by atoms with Crippen LogP contribution >= 0.6 is 11.8 Å².